The maximum Gasteiger partial charge on any atom is 0.231 e. The number of thiophene rings is 1. The Bertz CT molecular complexity index is 731. The number of piperidine rings is 1. The van der Waals surface area contributed by atoms with Gasteiger partial charge in [0.25, 0.3) is 0 Å². The SMILES string of the molecule is Cc1ccc(CN2CCC3(CC2)C(=O)N(C)[C@@H]3c2ccccc2)s1. The molecule has 0 bridgehead atoms. The average molecular weight is 340 g/mol. The van der Waals surface area contributed by atoms with Gasteiger partial charge in [0.2, 0.25) is 5.91 Å². The van der Waals surface area contributed by atoms with Gasteiger partial charge in [0, 0.05) is 23.3 Å². The average Bonchev–Trinajstić information content (AvgIpc) is 3.02. The number of hydrogen-bond donors (Lipinski definition) is 0. The molecule has 1 aromatic carbocycles. The molecule has 0 saturated carbocycles. The van der Waals surface area contributed by atoms with Crippen LogP contribution in [0.1, 0.15) is 34.2 Å². The summed E-state index contributed by atoms with van der Waals surface area (Å²) in [6.45, 7) is 5.21. The number of amides is 1. The van der Waals surface area contributed by atoms with Crippen LogP contribution in [0.4, 0.5) is 0 Å². The van der Waals surface area contributed by atoms with Gasteiger partial charge in [0.15, 0.2) is 0 Å². The normalized spacial score (nSPS) is 23.5. The Balaban J connectivity index is 1.47. The van der Waals surface area contributed by atoms with Crippen LogP contribution in [-0.4, -0.2) is 35.8 Å². The van der Waals surface area contributed by atoms with Gasteiger partial charge >= 0.3 is 0 Å². The van der Waals surface area contributed by atoms with Crippen molar-refractivity contribution in [2.75, 3.05) is 20.1 Å². The highest BCUT2D eigenvalue weighted by molar-refractivity contribution is 7.11. The molecule has 2 aliphatic heterocycles. The molecule has 2 fully saturated rings. The first-order valence-electron chi connectivity index (χ1n) is 8.70. The standard InChI is InChI=1S/C20H24N2OS/c1-15-8-9-17(24-15)14-22-12-10-20(11-13-22)18(21(2)19(20)23)16-6-4-3-5-7-16/h3-9,18H,10-14H2,1-2H3/t18-/m1/s1. The summed E-state index contributed by atoms with van der Waals surface area (Å²) in [6.07, 6.45) is 1.94. The van der Waals surface area contributed by atoms with E-state index in [4.69, 9.17) is 0 Å². The molecule has 0 radical (unpaired) electrons. The first kappa shape index (κ1) is 15.9. The molecule has 1 amide bonds. The molecule has 3 heterocycles. The van der Waals surface area contributed by atoms with E-state index in [1.54, 1.807) is 0 Å². The van der Waals surface area contributed by atoms with Crippen molar-refractivity contribution in [2.24, 2.45) is 5.41 Å². The van der Waals surface area contributed by atoms with Gasteiger partial charge in [-0.25, -0.2) is 0 Å². The molecule has 4 heteroatoms. The van der Waals surface area contributed by atoms with E-state index in [2.05, 4.69) is 48.2 Å². The van der Waals surface area contributed by atoms with Gasteiger partial charge in [-0.1, -0.05) is 30.3 Å². The molecule has 2 aliphatic rings. The number of rotatable bonds is 3. The minimum Gasteiger partial charge on any atom is -0.337 e. The van der Waals surface area contributed by atoms with Crippen LogP contribution in [0.2, 0.25) is 0 Å². The van der Waals surface area contributed by atoms with Crippen LogP contribution in [0.3, 0.4) is 0 Å². The van der Waals surface area contributed by atoms with Gasteiger partial charge in [-0.15, -0.1) is 11.3 Å². The van der Waals surface area contributed by atoms with Crippen molar-refractivity contribution in [1.29, 1.82) is 0 Å². The lowest BCUT2D eigenvalue weighted by Crippen LogP contribution is -2.64. The van der Waals surface area contributed by atoms with Gasteiger partial charge in [-0.05, 0) is 50.6 Å². The van der Waals surface area contributed by atoms with E-state index in [0.29, 0.717) is 5.91 Å². The molecule has 4 rings (SSSR count). The first-order chi connectivity index (χ1) is 11.6. The van der Waals surface area contributed by atoms with Crippen LogP contribution in [0, 0.1) is 12.3 Å². The number of carbonyl (C=O) groups is 1. The van der Waals surface area contributed by atoms with Gasteiger partial charge < -0.3 is 4.90 Å². The summed E-state index contributed by atoms with van der Waals surface area (Å²) in [4.78, 5) is 19.9. The Hall–Kier alpha value is -1.65. The topological polar surface area (TPSA) is 23.6 Å². The van der Waals surface area contributed by atoms with E-state index in [-0.39, 0.29) is 11.5 Å². The third kappa shape index (κ3) is 2.49. The monoisotopic (exact) mass is 340 g/mol. The van der Waals surface area contributed by atoms with Crippen molar-refractivity contribution in [3.05, 3.63) is 57.8 Å². The molecule has 0 N–H and O–H groups in total. The second-order valence-electron chi connectivity index (χ2n) is 7.17. The fourth-order valence-electron chi connectivity index (χ4n) is 4.46. The number of benzene rings is 1. The summed E-state index contributed by atoms with van der Waals surface area (Å²) in [5, 5.41) is 0. The fourth-order valence-corrected chi connectivity index (χ4v) is 5.39. The van der Waals surface area contributed by atoms with E-state index >= 15 is 0 Å². The Morgan fingerprint density at radius 1 is 1.12 bits per heavy atom. The van der Waals surface area contributed by atoms with Crippen LogP contribution < -0.4 is 0 Å². The van der Waals surface area contributed by atoms with E-state index in [0.717, 1.165) is 32.5 Å². The second kappa shape index (κ2) is 6.01. The van der Waals surface area contributed by atoms with Crippen LogP contribution in [0.5, 0.6) is 0 Å². The molecule has 2 aromatic rings. The molecule has 0 unspecified atom stereocenters. The number of hydrogen-bond acceptors (Lipinski definition) is 3. The van der Waals surface area contributed by atoms with Crippen molar-refractivity contribution in [3.63, 3.8) is 0 Å². The van der Waals surface area contributed by atoms with E-state index in [1.165, 1.54) is 15.3 Å². The van der Waals surface area contributed by atoms with Gasteiger partial charge in [0.05, 0.1) is 11.5 Å². The molecular formula is C20H24N2OS. The molecule has 3 nitrogen and oxygen atoms in total. The number of β-lactam (4-membered cyclic amide) rings is 1. The minimum atomic E-state index is -0.169. The van der Waals surface area contributed by atoms with Crippen molar-refractivity contribution in [3.8, 4) is 0 Å². The van der Waals surface area contributed by atoms with Crippen LogP contribution in [-0.2, 0) is 11.3 Å². The zero-order chi connectivity index (χ0) is 16.7. The molecule has 2 saturated heterocycles. The number of likely N-dealkylation sites (tertiary alicyclic amines) is 2. The third-order valence-corrected chi connectivity index (χ3v) is 6.68. The summed E-state index contributed by atoms with van der Waals surface area (Å²) in [5.74, 6) is 0.336. The Kier molecular flexibility index (Phi) is 3.97. The Morgan fingerprint density at radius 2 is 1.83 bits per heavy atom. The number of aryl methyl sites for hydroxylation is 1. The molecule has 24 heavy (non-hydrogen) atoms. The van der Waals surface area contributed by atoms with Gasteiger partial charge in [0.1, 0.15) is 0 Å². The van der Waals surface area contributed by atoms with Crippen molar-refractivity contribution in [1.82, 2.24) is 9.80 Å². The van der Waals surface area contributed by atoms with Crippen molar-refractivity contribution < 1.29 is 4.79 Å². The van der Waals surface area contributed by atoms with Crippen LogP contribution in [0.25, 0.3) is 0 Å². The van der Waals surface area contributed by atoms with Gasteiger partial charge in [-0.3, -0.25) is 9.69 Å². The third-order valence-electron chi connectivity index (χ3n) is 5.70. The number of nitrogens with zero attached hydrogens (tertiary/aromatic N) is 2. The molecule has 0 aliphatic carbocycles. The second-order valence-corrected chi connectivity index (χ2v) is 8.55. The highest BCUT2D eigenvalue weighted by Gasteiger charge is 2.59. The molecular weight excluding hydrogens is 316 g/mol. The zero-order valence-corrected chi connectivity index (χ0v) is 15.2. The van der Waals surface area contributed by atoms with E-state index < -0.39 is 0 Å². The van der Waals surface area contributed by atoms with E-state index in [9.17, 15) is 4.79 Å². The lowest BCUT2D eigenvalue weighted by Gasteiger charge is -2.58. The Morgan fingerprint density at radius 3 is 2.46 bits per heavy atom. The maximum absolute atomic E-state index is 12.7. The predicted molar refractivity (Wildman–Crippen MR) is 98.0 cm³/mol. The largest absolute Gasteiger partial charge is 0.337 e. The van der Waals surface area contributed by atoms with Crippen molar-refractivity contribution >= 4 is 17.2 Å². The Labute approximate surface area is 147 Å². The summed E-state index contributed by atoms with van der Waals surface area (Å²) < 4.78 is 0. The molecule has 1 atom stereocenters. The van der Waals surface area contributed by atoms with Crippen LogP contribution >= 0.6 is 11.3 Å². The fraction of sp³-hybridized carbons (Fsp3) is 0.450. The number of carbonyl (C=O) groups excluding carboxylic acids is 1. The van der Waals surface area contributed by atoms with Gasteiger partial charge in [-0.2, -0.15) is 0 Å². The maximum atomic E-state index is 12.7. The lowest BCUT2D eigenvalue weighted by atomic mass is 9.62. The quantitative estimate of drug-likeness (QED) is 0.792. The minimum absolute atomic E-state index is 0.169. The highest BCUT2D eigenvalue weighted by atomic mass is 32.1. The summed E-state index contributed by atoms with van der Waals surface area (Å²) in [6, 6.07) is 15.2. The molecule has 1 aromatic heterocycles. The lowest BCUT2D eigenvalue weighted by molar-refractivity contribution is -0.176. The first-order valence-corrected chi connectivity index (χ1v) is 9.52. The highest BCUT2D eigenvalue weighted by Crippen LogP contribution is 2.55. The summed E-state index contributed by atoms with van der Waals surface area (Å²) in [7, 11) is 1.95. The molecule has 126 valence electrons. The predicted octanol–water partition coefficient (Wildman–Crippen LogP) is 3.85. The van der Waals surface area contributed by atoms with E-state index in [1.807, 2.05) is 29.4 Å². The van der Waals surface area contributed by atoms with Crippen molar-refractivity contribution in [2.45, 2.75) is 32.4 Å². The summed E-state index contributed by atoms with van der Waals surface area (Å²) in [5.41, 5.74) is 1.11. The molecule has 1 spiro atoms. The summed E-state index contributed by atoms with van der Waals surface area (Å²) >= 11 is 1.88. The smallest absolute Gasteiger partial charge is 0.231 e. The van der Waals surface area contributed by atoms with Crippen LogP contribution in [0.15, 0.2) is 42.5 Å². The zero-order valence-electron chi connectivity index (χ0n) is 14.4.